The summed E-state index contributed by atoms with van der Waals surface area (Å²) in [5.41, 5.74) is 2.06. The van der Waals surface area contributed by atoms with Gasteiger partial charge in [-0.3, -0.25) is 9.39 Å². The summed E-state index contributed by atoms with van der Waals surface area (Å²) in [4.78, 5) is 4.23. The fourth-order valence-corrected chi connectivity index (χ4v) is 2.50. The molecular formula is C19H24N6O. The quantitative estimate of drug-likeness (QED) is 0.387. The van der Waals surface area contributed by atoms with Gasteiger partial charge in [0.05, 0.1) is 13.2 Å². The van der Waals surface area contributed by atoms with Gasteiger partial charge in [-0.2, -0.15) is 0 Å². The molecule has 0 aliphatic carbocycles. The maximum absolute atomic E-state index is 5.72. The third-order valence-corrected chi connectivity index (χ3v) is 3.93. The summed E-state index contributed by atoms with van der Waals surface area (Å²) in [7, 11) is 1.75. The van der Waals surface area contributed by atoms with Crippen molar-refractivity contribution in [1.29, 1.82) is 0 Å². The van der Waals surface area contributed by atoms with Crippen LogP contribution in [0.1, 0.15) is 17.8 Å². The van der Waals surface area contributed by atoms with Gasteiger partial charge in [0.2, 0.25) is 0 Å². The number of nitrogens with zero attached hydrogens (tertiary/aromatic N) is 4. The first-order valence-corrected chi connectivity index (χ1v) is 8.69. The van der Waals surface area contributed by atoms with Crippen molar-refractivity contribution in [3.63, 3.8) is 0 Å². The van der Waals surface area contributed by atoms with Crippen LogP contribution in [0.15, 0.2) is 53.7 Å². The molecule has 0 saturated heterocycles. The molecule has 3 rings (SSSR count). The molecule has 0 aliphatic rings. The number of pyridine rings is 1. The Morgan fingerprint density at radius 2 is 1.96 bits per heavy atom. The number of hydrogen-bond acceptors (Lipinski definition) is 4. The average molecular weight is 352 g/mol. The van der Waals surface area contributed by atoms with Crippen molar-refractivity contribution in [1.82, 2.24) is 25.2 Å². The number of guanidine groups is 1. The van der Waals surface area contributed by atoms with E-state index in [0.717, 1.165) is 36.1 Å². The van der Waals surface area contributed by atoms with Gasteiger partial charge in [0.15, 0.2) is 17.4 Å². The van der Waals surface area contributed by atoms with Crippen molar-refractivity contribution >= 4 is 11.6 Å². The van der Waals surface area contributed by atoms with E-state index >= 15 is 0 Å². The molecule has 1 aromatic carbocycles. The molecule has 0 spiro atoms. The van der Waals surface area contributed by atoms with Gasteiger partial charge < -0.3 is 15.4 Å². The zero-order valence-corrected chi connectivity index (χ0v) is 15.1. The molecule has 7 nitrogen and oxygen atoms in total. The number of rotatable bonds is 7. The second-order valence-corrected chi connectivity index (χ2v) is 5.91. The largest absolute Gasteiger partial charge is 0.494 e. The lowest BCUT2D eigenvalue weighted by atomic mass is 10.2. The molecule has 0 radical (unpaired) electrons. The third-order valence-electron chi connectivity index (χ3n) is 3.93. The van der Waals surface area contributed by atoms with Crippen LogP contribution in [0.4, 0.5) is 0 Å². The van der Waals surface area contributed by atoms with Crippen molar-refractivity contribution in [3.8, 4) is 5.75 Å². The van der Waals surface area contributed by atoms with Gasteiger partial charge in [0.1, 0.15) is 5.75 Å². The number of fused-ring (bicyclic) bond motifs is 1. The summed E-state index contributed by atoms with van der Waals surface area (Å²) in [5, 5.41) is 14.9. The molecule has 2 heterocycles. The number of benzene rings is 1. The minimum Gasteiger partial charge on any atom is -0.494 e. The van der Waals surface area contributed by atoms with Crippen molar-refractivity contribution < 1.29 is 4.74 Å². The van der Waals surface area contributed by atoms with Gasteiger partial charge in [-0.05, 0) is 37.6 Å². The number of aryl methyl sites for hydroxylation is 1. The molecule has 0 bridgehead atoms. The first kappa shape index (κ1) is 17.7. The Morgan fingerprint density at radius 1 is 1.12 bits per heavy atom. The molecule has 0 amide bonds. The standard InChI is InChI=1S/C19H24N6O/c1-15-7-9-16(10-8-15)26-13-5-11-21-19(20-2)22-14-18-24-23-17-6-3-4-12-25(17)18/h3-4,6-10,12H,5,11,13-14H2,1-2H3,(H2,20,21,22). The Kier molecular flexibility index (Phi) is 6.03. The molecule has 26 heavy (non-hydrogen) atoms. The van der Waals surface area contributed by atoms with E-state index in [4.69, 9.17) is 4.74 Å². The number of nitrogens with one attached hydrogen (secondary N) is 2. The summed E-state index contributed by atoms with van der Waals surface area (Å²) in [6.07, 6.45) is 2.83. The van der Waals surface area contributed by atoms with E-state index in [1.807, 2.05) is 53.1 Å². The molecule has 136 valence electrons. The van der Waals surface area contributed by atoms with Crippen LogP contribution in [0.3, 0.4) is 0 Å². The van der Waals surface area contributed by atoms with Crippen molar-refractivity contribution in [2.24, 2.45) is 4.99 Å². The van der Waals surface area contributed by atoms with E-state index in [1.165, 1.54) is 5.56 Å². The van der Waals surface area contributed by atoms with E-state index in [0.29, 0.717) is 13.2 Å². The topological polar surface area (TPSA) is 75.8 Å². The molecule has 0 unspecified atom stereocenters. The predicted molar refractivity (Wildman–Crippen MR) is 102 cm³/mol. The lowest BCUT2D eigenvalue weighted by Crippen LogP contribution is -2.38. The third kappa shape index (κ3) is 4.72. The van der Waals surface area contributed by atoms with Crippen LogP contribution in [0, 0.1) is 6.92 Å². The average Bonchev–Trinajstić information content (AvgIpc) is 3.08. The highest BCUT2D eigenvalue weighted by Gasteiger charge is 2.05. The molecular weight excluding hydrogens is 328 g/mol. The van der Waals surface area contributed by atoms with Crippen LogP contribution >= 0.6 is 0 Å². The van der Waals surface area contributed by atoms with Crippen LogP contribution in [-0.2, 0) is 6.54 Å². The van der Waals surface area contributed by atoms with E-state index < -0.39 is 0 Å². The maximum Gasteiger partial charge on any atom is 0.191 e. The van der Waals surface area contributed by atoms with E-state index in [2.05, 4.69) is 32.7 Å². The summed E-state index contributed by atoms with van der Waals surface area (Å²) >= 11 is 0. The second kappa shape index (κ2) is 8.84. The van der Waals surface area contributed by atoms with Gasteiger partial charge >= 0.3 is 0 Å². The molecule has 0 atom stereocenters. The SMILES string of the molecule is CN=C(NCCCOc1ccc(C)cc1)NCc1nnc2ccccn12. The van der Waals surface area contributed by atoms with Gasteiger partial charge in [0.25, 0.3) is 0 Å². The zero-order valence-electron chi connectivity index (χ0n) is 15.1. The Labute approximate surface area is 153 Å². The fourth-order valence-electron chi connectivity index (χ4n) is 2.50. The Balaban J connectivity index is 1.39. The normalized spacial score (nSPS) is 11.5. The van der Waals surface area contributed by atoms with Crippen LogP contribution in [-0.4, -0.2) is 40.8 Å². The summed E-state index contributed by atoms with van der Waals surface area (Å²) < 4.78 is 7.68. The highest BCUT2D eigenvalue weighted by molar-refractivity contribution is 5.79. The lowest BCUT2D eigenvalue weighted by Gasteiger charge is -2.11. The van der Waals surface area contributed by atoms with E-state index in [9.17, 15) is 0 Å². The van der Waals surface area contributed by atoms with Crippen LogP contribution in [0.5, 0.6) is 5.75 Å². The number of aliphatic imine (C=N–C) groups is 1. The van der Waals surface area contributed by atoms with Crippen molar-refractivity contribution in [2.45, 2.75) is 19.9 Å². The van der Waals surface area contributed by atoms with E-state index in [1.54, 1.807) is 7.05 Å². The Hall–Kier alpha value is -3.09. The maximum atomic E-state index is 5.72. The minimum absolute atomic E-state index is 0.546. The molecule has 0 fully saturated rings. The van der Waals surface area contributed by atoms with Gasteiger partial charge in [-0.1, -0.05) is 23.8 Å². The summed E-state index contributed by atoms with van der Waals surface area (Å²) in [6, 6.07) is 13.9. The first-order valence-electron chi connectivity index (χ1n) is 8.69. The molecule has 2 aromatic heterocycles. The monoisotopic (exact) mass is 352 g/mol. The summed E-state index contributed by atoms with van der Waals surface area (Å²) in [5.74, 6) is 2.47. The smallest absolute Gasteiger partial charge is 0.191 e. The number of hydrogen-bond donors (Lipinski definition) is 2. The zero-order chi connectivity index (χ0) is 18.2. The Bertz CT molecular complexity index is 856. The fraction of sp³-hybridized carbons (Fsp3) is 0.316. The van der Waals surface area contributed by atoms with Gasteiger partial charge in [0, 0.05) is 19.8 Å². The lowest BCUT2D eigenvalue weighted by molar-refractivity contribution is 0.311. The van der Waals surface area contributed by atoms with Crippen molar-refractivity contribution in [2.75, 3.05) is 20.2 Å². The molecule has 0 aliphatic heterocycles. The van der Waals surface area contributed by atoms with Crippen molar-refractivity contribution in [3.05, 3.63) is 60.0 Å². The van der Waals surface area contributed by atoms with Crippen LogP contribution in [0.2, 0.25) is 0 Å². The highest BCUT2D eigenvalue weighted by Crippen LogP contribution is 2.11. The second-order valence-electron chi connectivity index (χ2n) is 5.91. The van der Waals surface area contributed by atoms with Gasteiger partial charge in [-0.15, -0.1) is 10.2 Å². The molecule has 0 saturated carbocycles. The van der Waals surface area contributed by atoms with Gasteiger partial charge in [-0.25, -0.2) is 0 Å². The van der Waals surface area contributed by atoms with Crippen LogP contribution < -0.4 is 15.4 Å². The predicted octanol–water partition coefficient (Wildman–Crippen LogP) is 2.17. The Morgan fingerprint density at radius 3 is 2.77 bits per heavy atom. The molecule has 2 N–H and O–H groups in total. The molecule has 7 heteroatoms. The number of ether oxygens (including phenoxy) is 1. The van der Waals surface area contributed by atoms with Crippen LogP contribution in [0.25, 0.3) is 5.65 Å². The summed E-state index contributed by atoms with van der Waals surface area (Å²) in [6.45, 7) is 4.04. The minimum atomic E-state index is 0.546. The number of aromatic nitrogens is 3. The molecule has 3 aromatic rings. The van der Waals surface area contributed by atoms with E-state index in [-0.39, 0.29) is 0 Å². The first-order chi connectivity index (χ1) is 12.8. The highest BCUT2D eigenvalue weighted by atomic mass is 16.5.